The number of rotatable bonds is 2. The van der Waals surface area contributed by atoms with E-state index in [4.69, 9.17) is 4.74 Å². The highest BCUT2D eigenvalue weighted by Crippen LogP contribution is 2.42. The third-order valence-corrected chi connectivity index (χ3v) is 4.92. The molecule has 3 aromatic carbocycles. The van der Waals surface area contributed by atoms with Crippen molar-refractivity contribution >= 4 is 16.5 Å². The zero-order valence-corrected chi connectivity index (χ0v) is 13.6. The zero-order valence-electron chi connectivity index (χ0n) is 13.6. The Labute approximate surface area is 141 Å². The predicted octanol–water partition coefficient (Wildman–Crippen LogP) is 4.76. The molecule has 0 aromatic heterocycles. The molecule has 1 aliphatic rings. The van der Waals surface area contributed by atoms with Crippen molar-refractivity contribution in [2.75, 3.05) is 7.11 Å². The Hall–Kier alpha value is -2.81. The summed E-state index contributed by atoms with van der Waals surface area (Å²) in [5.74, 6) is 0.748. The van der Waals surface area contributed by atoms with Crippen LogP contribution in [-0.2, 0) is 6.42 Å². The Morgan fingerprint density at radius 3 is 2.58 bits per heavy atom. The summed E-state index contributed by atoms with van der Waals surface area (Å²) < 4.78 is 5.68. The van der Waals surface area contributed by atoms with E-state index in [2.05, 4.69) is 41.6 Å². The molecular weight excluding hydrogens is 298 g/mol. The number of oxime groups is 1. The number of ether oxygens (including phenoxy) is 1. The highest BCUT2D eigenvalue weighted by molar-refractivity contribution is 6.01. The van der Waals surface area contributed by atoms with Gasteiger partial charge in [-0.25, -0.2) is 0 Å². The van der Waals surface area contributed by atoms with Crippen molar-refractivity contribution in [1.82, 2.24) is 0 Å². The van der Waals surface area contributed by atoms with E-state index in [1.165, 1.54) is 11.1 Å². The lowest BCUT2D eigenvalue weighted by Crippen LogP contribution is -2.22. The van der Waals surface area contributed by atoms with Crippen molar-refractivity contribution in [3.63, 3.8) is 0 Å². The van der Waals surface area contributed by atoms with E-state index in [0.29, 0.717) is 0 Å². The predicted molar refractivity (Wildman–Crippen MR) is 96.3 cm³/mol. The first-order valence-corrected chi connectivity index (χ1v) is 8.17. The molecular formula is C21H19NO2. The maximum absolute atomic E-state index is 9.63. The summed E-state index contributed by atoms with van der Waals surface area (Å²) in [6.45, 7) is 0. The number of fused-ring (bicyclic) bond motifs is 2. The van der Waals surface area contributed by atoms with Crippen molar-refractivity contribution in [2.45, 2.75) is 18.8 Å². The summed E-state index contributed by atoms with van der Waals surface area (Å²) >= 11 is 0. The molecule has 0 saturated carbocycles. The van der Waals surface area contributed by atoms with Crippen LogP contribution < -0.4 is 4.74 Å². The summed E-state index contributed by atoms with van der Waals surface area (Å²) in [6, 6.07) is 20.8. The lowest BCUT2D eigenvalue weighted by Gasteiger charge is -2.29. The average molecular weight is 317 g/mol. The Morgan fingerprint density at radius 1 is 0.958 bits per heavy atom. The summed E-state index contributed by atoms with van der Waals surface area (Å²) in [5, 5.41) is 15.6. The number of methoxy groups -OCH3 is 1. The minimum absolute atomic E-state index is 0.0824. The van der Waals surface area contributed by atoms with E-state index in [0.717, 1.165) is 40.6 Å². The fourth-order valence-corrected chi connectivity index (χ4v) is 3.81. The van der Waals surface area contributed by atoms with Crippen LogP contribution >= 0.6 is 0 Å². The van der Waals surface area contributed by atoms with Crippen molar-refractivity contribution in [2.24, 2.45) is 5.16 Å². The molecule has 24 heavy (non-hydrogen) atoms. The highest BCUT2D eigenvalue weighted by atomic mass is 16.5. The molecule has 4 rings (SSSR count). The molecule has 3 heteroatoms. The van der Waals surface area contributed by atoms with Gasteiger partial charge in [0.05, 0.1) is 18.7 Å². The van der Waals surface area contributed by atoms with E-state index in [-0.39, 0.29) is 5.92 Å². The van der Waals surface area contributed by atoms with Gasteiger partial charge in [0.1, 0.15) is 5.75 Å². The zero-order chi connectivity index (χ0) is 16.5. The number of hydrogen-bond donors (Lipinski definition) is 1. The first-order chi connectivity index (χ1) is 11.8. The number of hydrogen-bond acceptors (Lipinski definition) is 3. The highest BCUT2D eigenvalue weighted by Gasteiger charge is 2.31. The molecule has 0 aliphatic heterocycles. The lowest BCUT2D eigenvalue weighted by molar-refractivity contribution is 0.315. The summed E-state index contributed by atoms with van der Waals surface area (Å²) in [5.41, 5.74) is 4.38. The van der Waals surface area contributed by atoms with E-state index in [1.807, 2.05) is 24.3 Å². The summed E-state index contributed by atoms with van der Waals surface area (Å²) in [6.07, 6.45) is 1.66. The molecule has 1 N–H and O–H groups in total. The fourth-order valence-electron chi connectivity index (χ4n) is 3.81. The monoisotopic (exact) mass is 317 g/mol. The Balaban J connectivity index is 2.05. The van der Waals surface area contributed by atoms with Crippen molar-refractivity contribution in [3.8, 4) is 5.75 Å². The molecule has 0 heterocycles. The molecule has 0 amide bonds. The van der Waals surface area contributed by atoms with Gasteiger partial charge in [-0.2, -0.15) is 0 Å². The van der Waals surface area contributed by atoms with E-state index in [1.54, 1.807) is 7.11 Å². The largest absolute Gasteiger partial charge is 0.496 e. The van der Waals surface area contributed by atoms with E-state index < -0.39 is 0 Å². The Morgan fingerprint density at radius 2 is 1.75 bits per heavy atom. The second-order valence-corrected chi connectivity index (χ2v) is 6.13. The molecule has 3 aromatic rings. The normalized spacial score (nSPS) is 18.5. The number of aryl methyl sites for hydroxylation is 1. The molecule has 0 saturated heterocycles. The van der Waals surface area contributed by atoms with Crippen molar-refractivity contribution < 1.29 is 9.94 Å². The molecule has 120 valence electrons. The maximum atomic E-state index is 9.63. The molecule has 1 atom stereocenters. The van der Waals surface area contributed by atoms with Gasteiger partial charge >= 0.3 is 0 Å². The van der Waals surface area contributed by atoms with Crippen LogP contribution in [0.3, 0.4) is 0 Å². The average Bonchev–Trinajstić information content (AvgIpc) is 2.66. The fraction of sp³-hybridized carbons (Fsp3) is 0.190. The van der Waals surface area contributed by atoms with Gasteiger partial charge in [-0.05, 0) is 40.8 Å². The Kier molecular flexibility index (Phi) is 3.69. The smallest absolute Gasteiger partial charge is 0.123 e. The lowest BCUT2D eigenvalue weighted by atomic mass is 9.76. The maximum Gasteiger partial charge on any atom is 0.123 e. The van der Waals surface area contributed by atoms with Gasteiger partial charge in [0, 0.05) is 5.56 Å². The summed E-state index contributed by atoms with van der Waals surface area (Å²) in [4.78, 5) is 0. The van der Waals surface area contributed by atoms with Crippen LogP contribution in [0.1, 0.15) is 29.0 Å². The van der Waals surface area contributed by atoms with Crippen LogP contribution in [0, 0.1) is 0 Å². The minimum atomic E-state index is -0.0824. The first kappa shape index (κ1) is 14.8. The number of nitrogens with zero attached hydrogens (tertiary/aromatic N) is 1. The van der Waals surface area contributed by atoms with E-state index >= 15 is 0 Å². The summed E-state index contributed by atoms with van der Waals surface area (Å²) in [7, 11) is 1.69. The number of benzene rings is 3. The second kappa shape index (κ2) is 6.00. The second-order valence-electron chi connectivity index (χ2n) is 6.13. The molecule has 0 unspecified atom stereocenters. The minimum Gasteiger partial charge on any atom is -0.496 e. The van der Waals surface area contributed by atoms with Gasteiger partial charge in [0.2, 0.25) is 0 Å². The molecule has 1 aliphatic carbocycles. The topological polar surface area (TPSA) is 41.8 Å². The van der Waals surface area contributed by atoms with Crippen molar-refractivity contribution in [3.05, 3.63) is 77.4 Å². The molecule has 0 fully saturated rings. The molecule has 0 bridgehead atoms. The van der Waals surface area contributed by atoms with Gasteiger partial charge in [0.25, 0.3) is 0 Å². The van der Waals surface area contributed by atoms with Crippen molar-refractivity contribution in [1.29, 1.82) is 0 Å². The van der Waals surface area contributed by atoms with Crippen LogP contribution in [0.2, 0.25) is 0 Å². The standard InChI is InChI=1S/C21H19NO2/c1-24-19-13-11-15-7-3-5-9-17(15)21(19)20-16-8-4-2-6-14(16)10-12-18(20)22-23/h2-9,11,13,20,23H,10,12H2,1H3/b22-18+/t20-/m0/s1. The van der Waals surface area contributed by atoms with Crippen LogP contribution in [0.5, 0.6) is 5.75 Å². The van der Waals surface area contributed by atoms with Crippen LogP contribution in [0.15, 0.2) is 65.8 Å². The van der Waals surface area contributed by atoms with Gasteiger partial charge < -0.3 is 9.94 Å². The molecule has 0 spiro atoms. The van der Waals surface area contributed by atoms with Gasteiger partial charge in [-0.15, -0.1) is 0 Å². The van der Waals surface area contributed by atoms with Gasteiger partial charge in [0.15, 0.2) is 0 Å². The third-order valence-electron chi connectivity index (χ3n) is 4.92. The third kappa shape index (κ3) is 2.24. The Bertz CT molecular complexity index is 930. The molecule has 3 nitrogen and oxygen atoms in total. The van der Waals surface area contributed by atoms with E-state index in [9.17, 15) is 5.21 Å². The van der Waals surface area contributed by atoms with Crippen LogP contribution in [-0.4, -0.2) is 18.0 Å². The molecule has 0 radical (unpaired) electrons. The first-order valence-electron chi connectivity index (χ1n) is 8.17. The van der Waals surface area contributed by atoms with Crippen LogP contribution in [0.4, 0.5) is 0 Å². The van der Waals surface area contributed by atoms with Gasteiger partial charge in [-0.3, -0.25) is 0 Å². The van der Waals surface area contributed by atoms with Crippen LogP contribution in [0.25, 0.3) is 10.8 Å². The SMILES string of the molecule is COc1ccc2ccccc2c1[C@@H]1/C(=N/O)CCc2ccccc21. The quantitative estimate of drug-likeness (QED) is 0.547. The van der Waals surface area contributed by atoms with Gasteiger partial charge in [-0.1, -0.05) is 59.8 Å².